The summed E-state index contributed by atoms with van der Waals surface area (Å²) >= 11 is 0. The molecule has 1 aromatic rings. The van der Waals surface area contributed by atoms with Crippen LogP contribution in [0.5, 0.6) is 0 Å². The van der Waals surface area contributed by atoms with Gasteiger partial charge < -0.3 is 5.32 Å². The highest BCUT2D eigenvalue weighted by molar-refractivity contribution is 5.37. The molecule has 0 unspecified atom stereocenters. The smallest absolute Gasteiger partial charge is 0.0239 e. The molecule has 0 atom stereocenters. The van der Waals surface area contributed by atoms with Crippen molar-refractivity contribution in [3.63, 3.8) is 0 Å². The molecule has 1 rings (SSSR count). The molecule has 0 aliphatic rings. The average molecular weight is 248 g/mol. The zero-order valence-electron chi connectivity index (χ0n) is 12.6. The Labute approximate surface area is 112 Å². The highest BCUT2D eigenvalue weighted by Crippen LogP contribution is 2.18. The van der Waals surface area contributed by atoms with Crippen LogP contribution in [0.4, 0.5) is 0 Å². The molecule has 0 aliphatic heterocycles. The summed E-state index contributed by atoms with van der Waals surface area (Å²) in [6.45, 7) is 16.5. The van der Waals surface area contributed by atoms with Crippen LogP contribution in [0.3, 0.4) is 0 Å². The van der Waals surface area contributed by atoms with Gasteiger partial charge in [-0.15, -0.1) is 0 Å². The van der Waals surface area contributed by atoms with Crippen LogP contribution in [0.1, 0.15) is 36.1 Å². The summed E-state index contributed by atoms with van der Waals surface area (Å²) in [5.41, 5.74) is 5.71. The molecule has 0 spiro atoms. The molecular formula is C16H28N2. The third kappa shape index (κ3) is 4.43. The molecule has 0 fully saturated rings. The fourth-order valence-electron chi connectivity index (χ4n) is 2.45. The van der Waals surface area contributed by atoms with E-state index in [1.165, 1.54) is 22.3 Å². The van der Waals surface area contributed by atoms with Gasteiger partial charge in [-0.3, -0.25) is 4.90 Å². The molecule has 0 heterocycles. The minimum atomic E-state index is 1.06. The molecule has 0 saturated carbocycles. The summed E-state index contributed by atoms with van der Waals surface area (Å²) in [6.07, 6.45) is 0. The Hall–Kier alpha value is -0.860. The Morgan fingerprint density at radius 2 is 1.67 bits per heavy atom. The lowest BCUT2D eigenvalue weighted by molar-refractivity contribution is 0.279. The largest absolute Gasteiger partial charge is 0.316 e. The molecule has 1 N–H and O–H groups in total. The van der Waals surface area contributed by atoms with E-state index in [9.17, 15) is 0 Å². The molecule has 0 radical (unpaired) electrons. The van der Waals surface area contributed by atoms with Gasteiger partial charge in [-0.05, 0) is 50.6 Å². The normalized spacial score (nSPS) is 11.2. The standard InChI is InChI=1S/C16H28N2/c1-6-17-8-9-18(7-2)12-16-14(4)10-13(3)11-15(16)5/h10-11,17H,6-9,12H2,1-5H3. The maximum atomic E-state index is 3.40. The van der Waals surface area contributed by atoms with Crippen LogP contribution in [0.25, 0.3) is 0 Å². The van der Waals surface area contributed by atoms with E-state index in [0.717, 1.165) is 32.7 Å². The van der Waals surface area contributed by atoms with E-state index >= 15 is 0 Å². The van der Waals surface area contributed by atoms with E-state index in [0.29, 0.717) is 0 Å². The molecule has 0 bridgehead atoms. The lowest BCUT2D eigenvalue weighted by atomic mass is 9.99. The van der Waals surface area contributed by atoms with Crippen molar-refractivity contribution in [3.05, 3.63) is 34.4 Å². The Kier molecular flexibility index (Phi) is 6.37. The van der Waals surface area contributed by atoms with Crippen LogP contribution in [0, 0.1) is 20.8 Å². The maximum absolute atomic E-state index is 3.40. The Bertz CT molecular complexity index is 348. The van der Waals surface area contributed by atoms with Gasteiger partial charge in [0.2, 0.25) is 0 Å². The molecule has 0 aliphatic carbocycles. The Morgan fingerprint density at radius 1 is 1.06 bits per heavy atom. The van der Waals surface area contributed by atoms with E-state index < -0.39 is 0 Å². The van der Waals surface area contributed by atoms with Crippen molar-refractivity contribution < 1.29 is 0 Å². The minimum Gasteiger partial charge on any atom is -0.316 e. The maximum Gasteiger partial charge on any atom is 0.0239 e. The lowest BCUT2D eigenvalue weighted by Gasteiger charge is -2.23. The second-order valence-electron chi connectivity index (χ2n) is 5.10. The summed E-state index contributed by atoms with van der Waals surface area (Å²) in [4.78, 5) is 2.51. The summed E-state index contributed by atoms with van der Waals surface area (Å²) in [6, 6.07) is 4.58. The summed E-state index contributed by atoms with van der Waals surface area (Å²) in [5, 5.41) is 3.40. The summed E-state index contributed by atoms with van der Waals surface area (Å²) in [5.74, 6) is 0. The van der Waals surface area contributed by atoms with E-state index in [-0.39, 0.29) is 0 Å². The van der Waals surface area contributed by atoms with Crippen molar-refractivity contribution in [3.8, 4) is 0 Å². The third-order valence-electron chi connectivity index (χ3n) is 3.52. The number of aryl methyl sites for hydroxylation is 3. The zero-order valence-corrected chi connectivity index (χ0v) is 12.6. The predicted molar refractivity (Wildman–Crippen MR) is 80.1 cm³/mol. The highest BCUT2D eigenvalue weighted by Gasteiger charge is 2.08. The van der Waals surface area contributed by atoms with Crippen LogP contribution in [-0.2, 0) is 6.54 Å². The van der Waals surface area contributed by atoms with E-state index in [1.807, 2.05) is 0 Å². The monoisotopic (exact) mass is 248 g/mol. The van der Waals surface area contributed by atoms with Crippen molar-refractivity contribution in [2.75, 3.05) is 26.2 Å². The molecule has 2 nitrogen and oxygen atoms in total. The highest BCUT2D eigenvalue weighted by atomic mass is 15.1. The van der Waals surface area contributed by atoms with E-state index in [2.05, 4.69) is 57.0 Å². The molecule has 102 valence electrons. The number of likely N-dealkylation sites (N-methyl/N-ethyl adjacent to an activating group) is 2. The fourth-order valence-corrected chi connectivity index (χ4v) is 2.45. The molecule has 2 heteroatoms. The first-order valence-corrected chi connectivity index (χ1v) is 7.08. The van der Waals surface area contributed by atoms with Crippen LogP contribution in [-0.4, -0.2) is 31.1 Å². The SMILES string of the molecule is CCNCCN(CC)Cc1c(C)cc(C)cc1C. The van der Waals surface area contributed by atoms with Gasteiger partial charge >= 0.3 is 0 Å². The van der Waals surface area contributed by atoms with Gasteiger partial charge in [0, 0.05) is 19.6 Å². The summed E-state index contributed by atoms with van der Waals surface area (Å²) < 4.78 is 0. The van der Waals surface area contributed by atoms with Crippen molar-refractivity contribution in [1.82, 2.24) is 10.2 Å². The third-order valence-corrected chi connectivity index (χ3v) is 3.52. The number of nitrogens with one attached hydrogen (secondary N) is 1. The Morgan fingerprint density at radius 3 is 2.17 bits per heavy atom. The number of hydrogen-bond acceptors (Lipinski definition) is 2. The number of rotatable bonds is 7. The van der Waals surface area contributed by atoms with Gasteiger partial charge in [-0.25, -0.2) is 0 Å². The fraction of sp³-hybridized carbons (Fsp3) is 0.625. The quantitative estimate of drug-likeness (QED) is 0.746. The first-order valence-electron chi connectivity index (χ1n) is 7.08. The van der Waals surface area contributed by atoms with Gasteiger partial charge in [0.25, 0.3) is 0 Å². The van der Waals surface area contributed by atoms with E-state index in [4.69, 9.17) is 0 Å². The predicted octanol–water partition coefficient (Wildman–Crippen LogP) is 3.04. The van der Waals surface area contributed by atoms with Crippen molar-refractivity contribution in [1.29, 1.82) is 0 Å². The van der Waals surface area contributed by atoms with Crippen molar-refractivity contribution in [2.24, 2.45) is 0 Å². The van der Waals surface area contributed by atoms with Gasteiger partial charge in [-0.2, -0.15) is 0 Å². The second-order valence-corrected chi connectivity index (χ2v) is 5.10. The first kappa shape index (κ1) is 15.2. The molecule has 0 saturated heterocycles. The average Bonchev–Trinajstić information content (AvgIpc) is 2.31. The summed E-state index contributed by atoms with van der Waals surface area (Å²) in [7, 11) is 0. The molecule has 1 aromatic carbocycles. The number of hydrogen-bond donors (Lipinski definition) is 1. The molecule has 18 heavy (non-hydrogen) atoms. The van der Waals surface area contributed by atoms with E-state index in [1.54, 1.807) is 0 Å². The molecule has 0 aromatic heterocycles. The van der Waals surface area contributed by atoms with Crippen molar-refractivity contribution >= 4 is 0 Å². The number of nitrogens with zero attached hydrogens (tertiary/aromatic N) is 1. The van der Waals surface area contributed by atoms with Crippen LogP contribution in [0.15, 0.2) is 12.1 Å². The van der Waals surface area contributed by atoms with Gasteiger partial charge in [0.05, 0.1) is 0 Å². The molecular weight excluding hydrogens is 220 g/mol. The first-order chi connectivity index (χ1) is 8.58. The Balaban J connectivity index is 2.69. The van der Waals surface area contributed by atoms with Gasteiger partial charge in [0.15, 0.2) is 0 Å². The van der Waals surface area contributed by atoms with Crippen LogP contribution in [0.2, 0.25) is 0 Å². The number of benzene rings is 1. The van der Waals surface area contributed by atoms with Gasteiger partial charge in [-0.1, -0.05) is 31.5 Å². The zero-order chi connectivity index (χ0) is 13.5. The van der Waals surface area contributed by atoms with Crippen LogP contribution >= 0.6 is 0 Å². The lowest BCUT2D eigenvalue weighted by Crippen LogP contribution is -2.32. The van der Waals surface area contributed by atoms with Crippen molar-refractivity contribution in [2.45, 2.75) is 41.2 Å². The topological polar surface area (TPSA) is 15.3 Å². The molecule has 0 amide bonds. The second kappa shape index (κ2) is 7.55. The minimum absolute atomic E-state index is 1.06. The van der Waals surface area contributed by atoms with Gasteiger partial charge in [0.1, 0.15) is 0 Å². The van der Waals surface area contributed by atoms with Crippen LogP contribution < -0.4 is 5.32 Å².